The molecule has 2 aromatic rings. The third kappa shape index (κ3) is 3.70. The average Bonchev–Trinajstić information content (AvgIpc) is 3.31. The summed E-state index contributed by atoms with van der Waals surface area (Å²) in [6, 6.07) is 7.74. The van der Waals surface area contributed by atoms with Gasteiger partial charge >= 0.3 is 6.16 Å². The number of carbonyl (C=O) groups is 2. The van der Waals surface area contributed by atoms with Gasteiger partial charge in [0.15, 0.2) is 0 Å². The molecular weight excluding hydrogens is 360 g/mol. The maximum atomic E-state index is 12.6. The predicted molar refractivity (Wildman–Crippen MR) is 104 cm³/mol. The molecule has 0 saturated carbocycles. The van der Waals surface area contributed by atoms with Crippen molar-refractivity contribution < 1.29 is 19.4 Å². The first kappa shape index (κ1) is 18.8. The second-order valence-corrected chi connectivity index (χ2v) is 7.51. The summed E-state index contributed by atoms with van der Waals surface area (Å²) in [7, 11) is 1.81. The summed E-state index contributed by atoms with van der Waals surface area (Å²) >= 11 is 0. The first-order valence-corrected chi connectivity index (χ1v) is 9.75. The number of piperazine rings is 1. The van der Waals surface area contributed by atoms with Crippen LogP contribution in [0.3, 0.4) is 0 Å². The van der Waals surface area contributed by atoms with Gasteiger partial charge < -0.3 is 24.6 Å². The number of carbonyl (C=O) groups excluding carboxylic acids is 1. The van der Waals surface area contributed by atoms with Crippen molar-refractivity contribution in [1.29, 1.82) is 0 Å². The molecule has 0 aliphatic carbocycles. The largest absolute Gasteiger partial charge is 0.512 e. The molecule has 8 heteroatoms. The normalized spacial score (nSPS) is 20.6. The smallest absolute Gasteiger partial charge is 0.449 e. The van der Waals surface area contributed by atoms with Gasteiger partial charge in [-0.1, -0.05) is 18.2 Å². The third-order valence-electron chi connectivity index (χ3n) is 5.72. The average molecular weight is 386 g/mol. The number of fused-ring (bicyclic) bond motifs is 1. The molecule has 3 heterocycles. The molecule has 2 aliphatic heterocycles. The van der Waals surface area contributed by atoms with Crippen molar-refractivity contribution in [2.45, 2.75) is 25.4 Å². The van der Waals surface area contributed by atoms with Crippen LogP contribution in [0.5, 0.6) is 5.88 Å². The van der Waals surface area contributed by atoms with Crippen LogP contribution in [-0.2, 0) is 18.4 Å². The van der Waals surface area contributed by atoms with Gasteiger partial charge in [0.25, 0.3) is 0 Å². The van der Waals surface area contributed by atoms with Crippen molar-refractivity contribution in [3.63, 3.8) is 0 Å². The zero-order valence-corrected chi connectivity index (χ0v) is 16.1. The Kier molecular flexibility index (Phi) is 5.23. The molecule has 28 heavy (non-hydrogen) atoms. The number of nitrogens with one attached hydrogen (secondary N) is 1. The number of carboxylic acid groups (broad SMARTS) is 1. The van der Waals surface area contributed by atoms with Crippen LogP contribution in [0.25, 0.3) is 10.9 Å². The highest BCUT2D eigenvalue weighted by Gasteiger charge is 2.29. The number of aryl methyl sites for hydroxylation is 1. The van der Waals surface area contributed by atoms with Crippen LogP contribution < -0.4 is 10.1 Å². The number of hydrogen-bond acceptors (Lipinski definition) is 5. The molecule has 1 aromatic carbocycles. The SMILES string of the molecule is Cn1c(OC(=O)O)cc2cccc(CN3CCN(C(=O)[C@@H]4CCCN4)CC3)c21. The molecule has 1 amide bonds. The molecule has 1 aromatic heterocycles. The Morgan fingerprint density at radius 2 is 2.04 bits per heavy atom. The van der Waals surface area contributed by atoms with Gasteiger partial charge in [0.1, 0.15) is 0 Å². The van der Waals surface area contributed by atoms with E-state index >= 15 is 0 Å². The molecule has 150 valence electrons. The van der Waals surface area contributed by atoms with E-state index in [-0.39, 0.29) is 11.9 Å². The molecule has 8 nitrogen and oxygen atoms in total. The van der Waals surface area contributed by atoms with Gasteiger partial charge in [0.2, 0.25) is 11.8 Å². The highest BCUT2D eigenvalue weighted by molar-refractivity contribution is 5.86. The Labute approximate surface area is 163 Å². The Morgan fingerprint density at radius 1 is 1.25 bits per heavy atom. The topological polar surface area (TPSA) is 87.0 Å². The number of benzene rings is 1. The number of hydrogen-bond donors (Lipinski definition) is 2. The fraction of sp³-hybridized carbons (Fsp3) is 0.500. The van der Waals surface area contributed by atoms with Gasteiger partial charge in [0.05, 0.1) is 11.6 Å². The molecule has 2 saturated heterocycles. The van der Waals surface area contributed by atoms with Crippen molar-refractivity contribution in [2.75, 3.05) is 32.7 Å². The lowest BCUT2D eigenvalue weighted by molar-refractivity contribution is -0.134. The molecular formula is C20H26N4O4. The van der Waals surface area contributed by atoms with Crippen LogP contribution in [0.4, 0.5) is 4.79 Å². The predicted octanol–water partition coefficient (Wildman–Crippen LogP) is 1.63. The number of amides is 1. The van der Waals surface area contributed by atoms with Crippen molar-refractivity contribution >= 4 is 23.0 Å². The number of nitrogens with zero attached hydrogens (tertiary/aromatic N) is 3. The van der Waals surface area contributed by atoms with Crippen molar-refractivity contribution in [2.24, 2.45) is 7.05 Å². The van der Waals surface area contributed by atoms with E-state index in [4.69, 9.17) is 9.84 Å². The summed E-state index contributed by atoms with van der Waals surface area (Å²) < 4.78 is 6.66. The fourth-order valence-electron chi connectivity index (χ4n) is 4.27. The molecule has 0 unspecified atom stereocenters. The first-order chi connectivity index (χ1) is 13.5. The first-order valence-electron chi connectivity index (χ1n) is 9.75. The minimum atomic E-state index is -1.31. The second kappa shape index (κ2) is 7.81. The second-order valence-electron chi connectivity index (χ2n) is 7.51. The van der Waals surface area contributed by atoms with Gasteiger partial charge in [-0.05, 0) is 24.9 Å². The van der Waals surface area contributed by atoms with Crippen molar-refractivity contribution in [3.05, 3.63) is 29.8 Å². The number of aromatic nitrogens is 1. The van der Waals surface area contributed by atoms with Crippen LogP contribution in [-0.4, -0.2) is 70.3 Å². The molecule has 0 radical (unpaired) electrons. The third-order valence-corrected chi connectivity index (χ3v) is 5.72. The summed E-state index contributed by atoms with van der Waals surface area (Å²) in [5, 5.41) is 13.2. The highest BCUT2D eigenvalue weighted by atomic mass is 16.7. The summed E-state index contributed by atoms with van der Waals surface area (Å²) in [6.45, 7) is 4.84. The molecule has 1 atom stereocenters. The lowest BCUT2D eigenvalue weighted by atomic mass is 10.1. The quantitative estimate of drug-likeness (QED) is 0.777. The minimum Gasteiger partial charge on any atom is -0.449 e. The number of ether oxygens (including phenoxy) is 1. The van der Waals surface area contributed by atoms with Gasteiger partial charge in [0, 0.05) is 51.2 Å². The van der Waals surface area contributed by atoms with Crippen molar-refractivity contribution in [3.8, 4) is 5.88 Å². The molecule has 4 rings (SSSR count). The van der Waals surface area contributed by atoms with E-state index in [1.165, 1.54) is 0 Å². The van der Waals surface area contributed by atoms with Crippen LogP contribution in [0, 0.1) is 0 Å². The Morgan fingerprint density at radius 3 is 2.71 bits per heavy atom. The zero-order chi connectivity index (χ0) is 19.7. The van der Waals surface area contributed by atoms with E-state index in [0.717, 1.165) is 68.6 Å². The molecule has 0 bridgehead atoms. The standard InChI is InChI=1S/C20H26N4O4/c1-22-17(28-20(26)27)12-14-4-2-5-15(18(14)22)13-23-8-10-24(11-9-23)19(25)16-6-3-7-21-16/h2,4-5,12,16,21H,3,6-11,13H2,1H3,(H,26,27)/t16-/m0/s1. The van der Waals surface area contributed by atoms with Crippen LogP contribution in [0.15, 0.2) is 24.3 Å². The van der Waals surface area contributed by atoms with Gasteiger partial charge in [-0.25, -0.2) is 4.79 Å². The maximum Gasteiger partial charge on any atom is 0.512 e. The lowest BCUT2D eigenvalue weighted by Gasteiger charge is -2.36. The van der Waals surface area contributed by atoms with E-state index in [1.807, 2.05) is 24.1 Å². The van der Waals surface area contributed by atoms with Crippen LogP contribution in [0.2, 0.25) is 0 Å². The van der Waals surface area contributed by atoms with E-state index in [2.05, 4.69) is 16.3 Å². The van der Waals surface area contributed by atoms with Crippen molar-refractivity contribution in [1.82, 2.24) is 19.7 Å². The highest BCUT2D eigenvalue weighted by Crippen LogP contribution is 2.28. The summed E-state index contributed by atoms with van der Waals surface area (Å²) in [5.41, 5.74) is 2.10. The van der Waals surface area contributed by atoms with E-state index < -0.39 is 6.16 Å². The van der Waals surface area contributed by atoms with Gasteiger partial charge in [-0.3, -0.25) is 9.69 Å². The summed E-state index contributed by atoms with van der Waals surface area (Å²) in [5.74, 6) is 0.548. The lowest BCUT2D eigenvalue weighted by Crippen LogP contribution is -2.52. The van der Waals surface area contributed by atoms with E-state index in [9.17, 15) is 9.59 Å². The monoisotopic (exact) mass is 386 g/mol. The zero-order valence-electron chi connectivity index (χ0n) is 16.1. The van der Waals surface area contributed by atoms with Gasteiger partial charge in [-0.15, -0.1) is 0 Å². The molecule has 0 spiro atoms. The molecule has 2 N–H and O–H groups in total. The van der Waals surface area contributed by atoms with E-state index in [1.54, 1.807) is 10.6 Å². The Bertz CT molecular complexity index is 880. The van der Waals surface area contributed by atoms with Crippen LogP contribution in [0.1, 0.15) is 18.4 Å². The van der Waals surface area contributed by atoms with Gasteiger partial charge in [-0.2, -0.15) is 0 Å². The van der Waals surface area contributed by atoms with Crippen LogP contribution >= 0.6 is 0 Å². The Balaban J connectivity index is 1.43. The maximum absolute atomic E-state index is 12.6. The Hall–Kier alpha value is -2.58. The molecule has 2 fully saturated rings. The number of para-hydroxylation sites is 1. The summed E-state index contributed by atoms with van der Waals surface area (Å²) in [6.07, 6.45) is 0.699. The fourth-order valence-corrected chi connectivity index (χ4v) is 4.27. The molecule has 2 aliphatic rings. The minimum absolute atomic E-state index is 0.00340. The van der Waals surface area contributed by atoms with E-state index in [0.29, 0.717) is 5.88 Å². The number of rotatable bonds is 4. The summed E-state index contributed by atoms with van der Waals surface area (Å²) in [4.78, 5) is 27.8.